The van der Waals surface area contributed by atoms with Crippen molar-refractivity contribution in [3.8, 4) is 11.4 Å². The monoisotopic (exact) mass is 421 g/mol. The Bertz CT molecular complexity index is 946. The summed E-state index contributed by atoms with van der Waals surface area (Å²) in [6, 6.07) is 4.95. The molecule has 0 aromatic carbocycles. The fraction of sp³-hybridized carbons (Fsp3) is 0.286. The molecule has 0 spiro atoms. The van der Waals surface area contributed by atoms with Crippen molar-refractivity contribution >= 4 is 5.78 Å². The summed E-state index contributed by atoms with van der Waals surface area (Å²) < 4.78 is 44.8. The van der Waals surface area contributed by atoms with Gasteiger partial charge < -0.3 is 9.84 Å². The second-order valence-electron chi connectivity index (χ2n) is 6.30. The highest BCUT2D eigenvalue weighted by atomic mass is 19.4. The first-order chi connectivity index (χ1) is 14.3. The summed E-state index contributed by atoms with van der Waals surface area (Å²) in [5.74, 6) is -0.213. The van der Waals surface area contributed by atoms with E-state index in [0.29, 0.717) is 29.6 Å². The molecule has 2 aromatic rings. The Balaban J connectivity index is 2.29. The van der Waals surface area contributed by atoms with E-state index in [4.69, 9.17) is 4.74 Å². The lowest BCUT2D eigenvalue weighted by Gasteiger charge is -2.15. The van der Waals surface area contributed by atoms with Gasteiger partial charge in [-0.3, -0.25) is 14.5 Å². The van der Waals surface area contributed by atoms with Crippen LogP contribution in [0.25, 0.3) is 11.4 Å². The number of hydrogen-bond acceptors (Lipinski definition) is 5. The van der Waals surface area contributed by atoms with Crippen LogP contribution < -0.4 is 0 Å². The molecule has 0 unspecified atom stereocenters. The van der Waals surface area contributed by atoms with Crippen LogP contribution in [0.3, 0.4) is 0 Å². The molecule has 2 rings (SSSR count). The molecule has 1 N–H and O–H groups in total. The quantitative estimate of drug-likeness (QED) is 0.255. The number of carbonyl (C=O) groups is 1. The summed E-state index contributed by atoms with van der Waals surface area (Å²) in [5, 5.41) is 13.3. The number of Topliss-reactive ketones (excluding diaryl/α,β-unsaturated/α-hetero) is 1. The third kappa shape index (κ3) is 6.33. The third-order valence-corrected chi connectivity index (χ3v) is 4.08. The van der Waals surface area contributed by atoms with Crippen LogP contribution in [0.5, 0.6) is 0 Å². The van der Waals surface area contributed by atoms with E-state index in [1.807, 2.05) is 0 Å². The van der Waals surface area contributed by atoms with Gasteiger partial charge in [-0.15, -0.1) is 6.58 Å². The highest BCUT2D eigenvalue weighted by molar-refractivity contribution is 5.96. The summed E-state index contributed by atoms with van der Waals surface area (Å²) >= 11 is 0. The molecule has 0 aliphatic rings. The van der Waals surface area contributed by atoms with E-state index in [1.165, 1.54) is 24.0 Å². The molecule has 0 fully saturated rings. The largest absolute Gasteiger partial charge is 0.515 e. The molecular formula is C21H22F3N3O3. The Morgan fingerprint density at radius 3 is 2.73 bits per heavy atom. The SMILES string of the molecule is C=CC/C=C(/OCc1cccnc1-c1ccnn1CCC(F)(F)F)C(=CO)C(C)=O. The number of aliphatic hydroxyl groups excluding tert-OH is 1. The molecule has 160 valence electrons. The zero-order valence-electron chi connectivity index (χ0n) is 16.4. The minimum Gasteiger partial charge on any atom is -0.515 e. The molecule has 0 amide bonds. The van der Waals surface area contributed by atoms with Gasteiger partial charge in [0.25, 0.3) is 0 Å². The molecule has 30 heavy (non-hydrogen) atoms. The number of aryl methyl sites for hydroxylation is 1. The van der Waals surface area contributed by atoms with Gasteiger partial charge >= 0.3 is 6.18 Å². The van der Waals surface area contributed by atoms with Gasteiger partial charge in [0.05, 0.1) is 36.2 Å². The molecule has 0 saturated carbocycles. The van der Waals surface area contributed by atoms with Crippen molar-refractivity contribution in [3.63, 3.8) is 0 Å². The van der Waals surface area contributed by atoms with Gasteiger partial charge in [0.2, 0.25) is 0 Å². The highest BCUT2D eigenvalue weighted by Crippen LogP contribution is 2.26. The zero-order valence-corrected chi connectivity index (χ0v) is 16.4. The number of ether oxygens (including phenoxy) is 1. The summed E-state index contributed by atoms with van der Waals surface area (Å²) in [4.78, 5) is 16.0. The van der Waals surface area contributed by atoms with E-state index >= 15 is 0 Å². The van der Waals surface area contributed by atoms with Crippen molar-refractivity contribution in [1.29, 1.82) is 0 Å². The minimum absolute atomic E-state index is 0.00231. The van der Waals surface area contributed by atoms with E-state index in [1.54, 1.807) is 30.4 Å². The predicted molar refractivity (Wildman–Crippen MR) is 105 cm³/mol. The highest BCUT2D eigenvalue weighted by Gasteiger charge is 2.27. The van der Waals surface area contributed by atoms with Gasteiger partial charge in [-0.05, 0) is 31.6 Å². The number of ketones is 1. The molecule has 0 aliphatic heterocycles. The molecular weight excluding hydrogens is 399 g/mol. The lowest BCUT2D eigenvalue weighted by molar-refractivity contribution is -0.137. The van der Waals surface area contributed by atoms with Gasteiger partial charge in [0.15, 0.2) is 5.78 Å². The topological polar surface area (TPSA) is 77.2 Å². The lowest BCUT2D eigenvalue weighted by atomic mass is 10.1. The van der Waals surface area contributed by atoms with Gasteiger partial charge in [-0.25, -0.2) is 0 Å². The predicted octanol–water partition coefficient (Wildman–Crippen LogP) is 4.91. The number of carbonyl (C=O) groups excluding carboxylic acids is 1. The van der Waals surface area contributed by atoms with Gasteiger partial charge in [0, 0.05) is 18.0 Å². The maximum atomic E-state index is 12.6. The van der Waals surface area contributed by atoms with E-state index < -0.39 is 12.6 Å². The minimum atomic E-state index is -4.30. The maximum absolute atomic E-state index is 12.6. The van der Waals surface area contributed by atoms with Crippen molar-refractivity contribution in [2.45, 2.75) is 39.1 Å². The zero-order chi connectivity index (χ0) is 22.1. The first kappa shape index (κ1) is 22.9. The third-order valence-electron chi connectivity index (χ3n) is 4.08. The van der Waals surface area contributed by atoms with Crippen LogP contribution in [-0.4, -0.2) is 31.8 Å². The second kappa shape index (κ2) is 10.4. The van der Waals surface area contributed by atoms with Gasteiger partial charge in [-0.2, -0.15) is 18.3 Å². The Morgan fingerprint density at radius 2 is 2.10 bits per heavy atom. The Labute approximate surface area is 172 Å². The number of alkyl halides is 3. The van der Waals surface area contributed by atoms with Crippen LogP contribution in [0.2, 0.25) is 0 Å². The van der Waals surface area contributed by atoms with Crippen molar-refractivity contribution < 1.29 is 27.8 Å². The van der Waals surface area contributed by atoms with E-state index in [-0.39, 0.29) is 30.3 Å². The molecule has 0 bridgehead atoms. The summed E-state index contributed by atoms with van der Waals surface area (Å²) in [6.07, 6.45) is 1.89. The van der Waals surface area contributed by atoms with Crippen LogP contribution in [-0.2, 0) is 22.7 Å². The number of nitrogens with zero attached hydrogens (tertiary/aromatic N) is 3. The number of halogens is 3. The number of aliphatic hydroxyl groups is 1. The van der Waals surface area contributed by atoms with E-state index in [0.717, 1.165) is 0 Å². The average molecular weight is 421 g/mol. The van der Waals surface area contributed by atoms with E-state index in [9.17, 15) is 23.1 Å². The number of allylic oxidation sites excluding steroid dienone is 3. The van der Waals surface area contributed by atoms with Crippen LogP contribution in [0.1, 0.15) is 25.3 Å². The number of hydrogen-bond donors (Lipinski definition) is 1. The first-order valence-corrected chi connectivity index (χ1v) is 9.09. The molecule has 0 radical (unpaired) electrons. The average Bonchev–Trinajstić information content (AvgIpc) is 3.16. The van der Waals surface area contributed by atoms with Crippen LogP contribution in [0, 0.1) is 0 Å². The normalized spacial score (nSPS) is 12.7. The fourth-order valence-corrected chi connectivity index (χ4v) is 2.65. The second-order valence-corrected chi connectivity index (χ2v) is 6.30. The Hall–Kier alpha value is -3.36. The molecule has 0 aliphatic carbocycles. The molecule has 2 aromatic heterocycles. The van der Waals surface area contributed by atoms with Gasteiger partial charge in [0.1, 0.15) is 12.4 Å². The van der Waals surface area contributed by atoms with Crippen LogP contribution in [0.15, 0.2) is 66.9 Å². The van der Waals surface area contributed by atoms with Crippen molar-refractivity contribution in [1.82, 2.24) is 14.8 Å². The molecule has 0 atom stereocenters. The van der Waals surface area contributed by atoms with Crippen molar-refractivity contribution in [2.24, 2.45) is 0 Å². The van der Waals surface area contributed by atoms with E-state index in [2.05, 4.69) is 16.7 Å². The molecule has 0 saturated heterocycles. The number of rotatable bonds is 10. The maximum Gasteiger partial charge on any atom is 0.390 e. The molecule has 6 nitrogen and oxygen atoms in total. The van der Waals surface area contributed by atoms with Crippen LogP contribution >= 0.6 is 0 Å². The summed E-state index contributed by atoms with van der Waals surface area (Å²) in [7, 11) is 0. The number of aromatic nitrogens is 3. The molecule has 2 heterocycles. The number of pyridine rings is 1. The van der Waals surface area contributed by atoms with Crippen molar-refractivity contribution in [2.75, 3.05) is 0 Å². The fourth-order valence-electron chi connectivity index (χ4n) is 2.65. The Kier molecular flexibility index (Phi) is 7.97. The Morgan fingerprint density at radius 1 is 1.33 bits per heavy atom. The smallest absolute Gasteiger partial charge is 0.390 e. The standard InChI is InChI=1S/C21H22F3N3O3/c1-3-4-7-19(17(13-28)15(2)29)30-14-16-6-5-10-25-20(16)18-8-11-26-27(18)12-9-21(22,23)24/h3,5-8,10-11,13,28H,1,4,9,12,14H2,2H3/b17-13?,19-7+. The van der Waals surface area contributed by atoms with Crippen molar-refractivity contribution in [3.05, 3.63) is 72.5 Å². The summed E-state index contributed by atoms with van der Waals surface area (Å²) in [6.45, 7) is 4.53. The molecule has 9 heteroatoms. The van der Waals surface area contributed by atoms with Crippen LogP contribution in [0.4, 0.5) is 13.2 Å². The van der Waals surface area contributed by atoms with Gasteiger partial charge in [-0.1, -0.05) is 12.1 Å². The summed E-state index contributed by atoms with van der Waals surface area (Å²) in [5.41, 5.74) is 1.41. The first-order valence-electron chi connectivity index (χ1n) is 9.09. The lowest BCUT2D eigenvalue weighted by Crippen LogP contribution is -2.14.